The SMILES string of the molecule is O=C(O)C1CC1C(=O)Nc1cccnn1. The van der Waals surface area contributed by atoms with Gasteiger partial charge in [0.1, 0.15) is 0 Å². The number of hydrogen-bond donors (Lipinski definition) is 2. The number of aromatic nitrogens is 2. The Morgan fingerprint density at radius 3 is 2.80 bits per heavy atom. The fraction of sp³-hybridized carbons (Fsp3) is 0.333. The smallest absolute Gasteiger partial charge is 0.307 e. The minimum atomic E-state index is -0.922. The van der Waals surface area contributed by atoms with Gasteiger partial charge in [0.05, 0.1) is 11.8 Å². The molecule has 78 valence electrons. The van der Waals surface area contributed by atoms with E-state index in [-0.39, 0.29) is 5.91 Å². The van der Waals surface area contributed by atoms with Crippen LogP contribution in [0.4, 0.5) is 5.82 Å². The van der Waals surface area contributed by atoms with Crippen molar-refractivity contribution in [2.24, 2.45) is 11.8 Å². The summed E-state index contributed by atoms with van der Waals surface area (Å²) in [6, 6.07) is 3.24. The second kappa shape index (κ2) is 3.64. The van der Waals surface area contributed by atoms with Crippen molar-refractivity contribution in [2.45, 2.75) is 6.42 Å². The fourth-order valence-corrected chi connectivity index (χ4v) is 1.34. The number of anilines is 1. The van der Waals surface area contributed by atoms with E-state index in [1.165, 1.54) is 6.20 Å². The quantitative estimate of drug-likeness (QED) is 0.735. The molecule has 0 saturated heterocycles. The summed E-state index contributed by atoms with van der Waals surface area (Å²) in [4.78, 5) is 22.0. The summed E-state index contributed by atoms with van der Waals surface area (Å²) >= 11 is 0. The van der Waals surface area contributed by atoms with Crippen LogP contribution in [0.15, 0.2) is 18.3 Å². The number of carboxylic acid groups (broad SMARTS) is 1. The van der Waals surface area contributed by atoms with Crippen molar-refractivity contribution >= 4 is 17.7 Å². The van der Waals surface area contributed by atoms with E-state index in [0.717, 1.165) is 0 Å². The number of rotatable bonds is 3. The molecule has 1 amide bonds. The van der Waals surface area contributed by atoms with E-state index in [2.05, 4.69) is 15.5 Å². The molecule has 1 aliphatic carbocycles. The molecule has 1 heterocycles. The summed E-state index contributed by atoms with van der Waals surface area (Å²) in [6.45, 7) is 0. The Bertz CT molecular complexity index is 393. The number of carboxylic acids is 1. The van der Waals surface area contributed by atoms with Crippen LogP contribution in [0.3, 0.4) is 0 Å². The molecule has 0 radical (unpaired) electrons. The Morgan fingerprint density at radius 1 is 1.47 bits per heavy atom. The molecule has 1 aliphatic rings. The summed E-state index contributed by atoms with van der Waals surface area (Å²) in [7, 11) is 0. The lowest BCUT2D eigenvalue weighted by molar-refractivity contribution is -0.139. The van der Waals surface area contributed by atoms with Crippen molar-refractivity contribution in [1.29, 1.82) is 0 Å². The number of amides is 1. The standard InChI is InChI=1S/C9H9N3O3/c13-8(5-4-6(5)9(14)15)11-7-2-1-3-10-12-7/h1-3,5-6H,4H2,(H,14,15)(H,11,12,13). The molecule has 0 aliphatic heterocycles. The molecular weight excluding hydrogens is 198 g/mol. The van der Waals surface area contributed by atoms with Crippen LogP contribution in [-0.4, -0.2) is 27.2 Å². The first kappa shape index (κ1) is 9.57. The summed E-state index contributed by atoms with van der Waals surface area (Å²) in [5.41, 5.74) is 0. The predicted octanol–water partition coefficient (Wildman–Crippen LogP) is 0.136. The van der Waals surface area contributed by atoms with Gasteiger partial charge in [0.2, 0.25) is 5.91 Å². The van der Waals surface area contributed by atoms with Crippen LogP contribution in [0.2, 0.25) is 0 Å². The van der Waals surface area contributed by atoms with Gasteiger partial charge in [-0.05, 0) is 18.6 Å². The monoisotopic (exact) mass is 207 g/mol. The van der Waals surface area contributed by atoms with Gasteiger partial charge in [-0.1, -0.05) is 0 Å². The molecule has 1 saturated carbocycles. The second-order valence-electron chi connectivity index (χ2n) is 3.39. The molecule has 1 aromatic rings. The molecule has 2 atom stereocenters. The van der Waals surface area contributed by atoms with Crippen LogP contribution in [-0.2, 0) is 9.59 Å². The maximum absolute atomic E-state index is 11.4. The van der Waals surface area contributed by atoms with Crippen molar-refractivity contribution in [2.75, 3.05) is 5.32 Å². The van der Waals surface area contributed by atoms with E-state index in [9.17, 15) is 9.59 Å². The zero-order chi connectivity index (χ0) is 10.8. The van der Waals surface area contributed by atoms with E-state index in [1.807, 2.05) is 0 Å². The molecule has 1 fully saturated rings. The molecule has 2 N–H and O–H groups in total. The van der Waals surface area contributed by atoms with Crippen LogP contribution >= 0.6 is 0 Å². The number of aliphatic carboxylic acids is 1. The van der Waals surface area contributed by atoms with E-state index >= 15 is 0 Å². The maximum atomic E-state index is 11.4. The Morgan fingerprint density at radius 2 is 2.27 bits per heavy atom. The number of nitrogens with one attached hydrogen (secondary N) is 1. The Labute approximate surface area is 85.3 Å². The second-order valence-corrected chi connectivity index (χ2v) is 3.39. The maximum Gasteiger partial charge on any atom is 0.307 e. The zero-order valence-electron chi connectivity index (χ0n) is 7.75. The van der Waals surface area contributed by atoms with E-state index in [1.54, 1.807) is 12.1 Å². The van der Waals surface area contributed by atoms with E-state index < -0.39 is 17.8 Å². The average Bonchev–Trinajstić information content (AvgIpc) is 2.98. The molecule has 2 rings (SSSR count). The van der Waals surface area contributed by atoms with E-state index in [0.29, 0.717) is 12.2 Å². The Hall–Kier alpha value is -1.98. The lowest BCUT2D eigenvalue weighted by atomic mass is 10.3. The van der Waals surface area contributed by atoms with Crippen molar-refractivity contribution in [1.82, 2.24) is 10.2 Å². The molecule has 6 nitrogen and oxygen atoms in total. The van der Waals surface area contributed by atoms with E-state index in [4.69, 9.17) is 5.11 Å². The topological polar surface area (TPSA) is 92.2 Å². The number of carbonyl (C=O) groups is 2. The molecule has 6 heteroatoms. The summed E-state index contributed by atoms with van der Waals surface area (Å²) in [6.07, 6.45) is 1.90. The van der Waals surface area contributed by atoms with Gasteiger partial charge < -0.3 is 10.4 Å². The third kappa shape index (κ3) is 2.09. The third-order valence-corrected chi connectivity index (χ3v) is 2.27. The molecule has 1 aromatic heterocycles. The average molecular weight is 207 g/mol. The van der Waals surface area contributed by atoms with Gasteiger partial charge in [-0.15, -0.1) is 5.10 Å². The normalized spacial score (nSPS) is 23.2. The van der Waals surface area contributed by atoms with Gasteiger partial charge in [0.15, 0.2) is 5.82 Å². The van der Waals surface area contributed by atoms with Gasteiger partial charge in [-0.3, -0.25) is 9.59 Å². The van der Waals surface area contributed by atoms with Crippen LogP contribution in [0.25, 0.3) is 0 Å². The van der Waals surface area contributed by atoms with Crippen molar-refractivity contribution in [3.05, 3.63) is 18.3 Å². The lowest BCUT2D eigenvalue weighted by Crippen LogP contribution is -2.17. The van der Waals surface area contributed by atoms with Gasteiger partial charge in [0, 0.05) is 6.20 Å². The minimum Gasteiger partial charge on any atom is -0.481 e. The van der Waals surface area contributed by atoms with Gasteiger partial charge >= 0.3 is 5.97 Å². The first-order valence-corrected chi connectivity index (χ1v) is 4.50. The largest absolute Gasteiger partial charge is 0.481 e. The lowest BCUT2D eigenvalue weighted by Gasteiger charge is -2.00. The zero-order valence-corrected chi connectivity index (χ0v) is 7.75. The number of hydrogen-bond acceptors (Lipinski definition) is 4. The summed E-state index contributed by atoms with van der Waals surface area (Å²) in [5.74, 6) is -1.85. The Kier molecular flexibility index (Phi) is 2.32. The highest BCUT2D eigenvalue weighted by Gasteiger charge is 2.48. The first-order chi connectivity index (χ1) is 7.18. The van der Waals surface area contributed by atoms with Gasteiger partial charge in [0.25, 0.3) is 0 Å². The highest BCUT2D eigenvalue weighted by atomic mass is 16.4. The van der Waals surface area contributed by atoms with Crippen molar-refractivity contribution < 1.29 is 14.7 Å². The molecular formula is C9H9N3O3. The van der Waals surface area contributed by atoms with Crippen LogP contribution < -0.4 is 5.32 Å². The summed E-state index contributed by atoms with van der Waals surface area (Å²) < 4.78 is 0. The Balaban J connectivity index is 1.92. The van der Waals surface area contributed by atoms with Crippen LogP contribution in [0, 0.1) is 11.8 Å². The first-order valence-electron chi connectivity index (χ1n) is 4.50. The van der Waals surface area contributed by atoms with Crippen molar-refractivity contribution in [3.63, 3.8) is 0 Å². The van der Waals surface area contributed by atoms with Crippen molar-refractivity contribution in [3.8, 4) is 0 Å². The molecule has 0 spiro atoms. The molecule has 0 bridgehead atoms. The highest BCUT2D eigenvalue weighted by molar-refractivity contribution is 5.97. The number of carbonyl (C=O) groups excluding carboxylic acids is 1. The minimum absolute atomic E-state index is 0.303. The molecule has 2 unspecified atom stereocenters. The summed E-state index contributed by atoms with van der Waals surface area (Å²) in [5, 5.41) is 18.4. The van der Waals surface area contributed by atoms with Crippen LogP contribution in [0.1, 0.15) is 6.42 Å². The van der Waals surface area contributed by atoms with Crippen LogP contribution in [0.5, 0.6) is 0 Å². The highest BCUT2D eigenvalue weighted by Crippen LogP contribution is 2.39. The predicted molar refractivity (Wildman–Crippen MR) is 49.9 cm³/mol. The molecule has 0 aromatic carbocycles. The third-order valence-electron chi connectivity index (χ3n) is 2.27. The fourth-order valence-electron chi connectivity index (χ4n) is 1.34. The van der Waals surface area contributed by atoms with Gasteiger partial charge in [-0.25, -0.2) is 0 Å². The number of nitrogens with zero attached hydrogens (tertiary/aromatic N) is 2. The van der Waals surface area contributed by atoms with Gasteiger partial charge in [-0.2, -0.15) is 5.10 Å². The molecule has 15 heavy (non-hydrogen) atoms.